The van der Waals surface area contributed by atoms with E-state index in [4.69, 9.17) is 0 Å². The van der Waals surface area contributed by atoms with Gasteiger partial charge in [-0.2, -0.15) is 13.2 Å². The van der Waals surface area contributed by atoms with Crippen LogP contribution in [0.4, 0.5) is 13.2 Å². The Labute approximate surface area is 64.4 Å². The van der Waals surface area contributed by atoms with Gasteiger partial charge in [-0.1, -0.05) is 23.8 Å². The second-order valence-electron chi connectivity index (χ2n) is 2.25. The first-order valence-electron chi connectivity index (χ1n) is 3.32. The largest absolute Gasteiger partial charge is 0.392 e. The molecule has 0 amide bonds. The van der Waals surface area contributed by atoms with Crippen LogP contribution in [0, 0.1) is 0 Å². The van der Waals surface area contributed by atoms with E-state index in [0.29, 0.717) is 0 Å². The fraction of sp³-hybridized carbons (Fsp3) is 0.500. The topological polar surface area (TPSA) is 0 Å². The third-order valence-electron chi connectivity index (χ3n) is 1.19. The predicted octanol–water partition coefficient (Wildman–Crippen LogP) is 3.46. The summed E-state index contributed by atoms with van der Waals surface area (Å²) in [6, 6.07) is 0. The number of rotatable bonds is 2. The average molecular weight is 164 g/mol. The summed E-state index contributed by atoms with van der Waals surface area (Å²) in [5.41, 5.74) is 0.842. The Morgan fingerprint density at radius 1 is 1.36 bits per heavy atom. The van der Waals surface area contributed by atoms with Gasteiger partial charge in [0.05, 0.1) is 6.42 Å². The maximum Gasteiger partial charge on any atom is 0.392 e. The van der Waals surface area contributed by atoms with E-state index in [9.17, 15) is 13.2 Å². The molecule has 0 aliphatic rings. The van der Waals surface area contributed by atoms with Crippen LogP contribution in [-0.4, -0.2) is 6.18 Å². The number of hydrogen-bond donors (Lipinski definition) is 0. The van der Waals surface area contributed by atoms with Crippen molar-refractivity contribution in [2.75, 3.05) is 0 Å². The smallest absolute Gasteiger partial charge is 0.171 e. The highest BCUT2D eigenvalue weighted by atomic mass is 19.4. The van der Waals surface area contributed by atoms with E-state index < -0.39 is 12.6 Å². The zero-order chi connectivity index (χ0) is 8.91. The van der Waals surface area contributed by atoms with Crippen molar-refractivity contribution in [2.45, 2.75) is 26.4 Å². The molecule has 0 N–H and O–H groups in total. The highest BCUT2D eigenvalue weighted by Crippen LogP contribution is 2.19. The van der Waals surface area contributed by atoms with Crippen molar-refractivity contribution in [3.63, 3.8) is 0 Å². The first-order valence-corrected chi connectivity index (χ1v) is 3.32. The summed E-state index contributed by atoms with van der Waals surface area (Å²) >= 11 is 0. The van der Waals surface area contributed by atoms with Crippen LogP contribution in [0.3, 0.4) is 0 Å². The van der Waals surface area contributed by atoms with Crippen molar-refractivity contribution < 1.29 is 13.2 Å². The number of hydrogen-bond acceptors (Lipinski definition) is 0. The summed E-state index contributed by atoms with van der Waals surface area (Å²) < 4.78 is 34.6. The summed E-state index contributed by atoms with van der Waals surface area (Å²) in [7, 11) is 0. The lowest BCUT2D eigenvalue weighted by atomic mass is 10.2. The van der Waals surface area contributed by atoms with E-state index in [1.807, 2.05) is 0 Å². The summed E-state index contributed by atoms with van der Waals surface area (Å²) in [4.78, 5) is 0. The van der Waals surface area contributed by atoms with Gasteiger partial charge in [-0.15, -0.1) is 0 Å². The molecule has 0 aliphatic heterocycles. The third kappa shape index (κ3) is 7.16. The van der Waals surface area contributed by atoms with Gasteiger partial charge < -0.3 is 0 Å². The van der Waals surface area contributed by atoms with Crippen LogP contribution >= 0.6 is 0 Å². The van der Waals surface area contributed by atoms with Crippen molar-refractivity contribution in [3.8, 4) is 0 Å². The molecule has 0 saturated carbocycles. The van der Waals surface area contributed by atoms with Crippen LogP contribution in [-0.2, 0) is 0 Å². The van der Waals surface area contributed by atoms with Crippen molar-refractivity contribution in [3.05, 3.63) is 23.8 Å². The van der Waals surface area contributed by atoms with Gasteiger partial charge in [-0.05, 0) is 13.8 Å². The zero-order valence-corrected chi connectivity index (χ0v) is 6.57. The van der Waals surface area contributed by atoms with E-state index in [1.165, 1.54) is 6.08 Å². The molecule has 11 heavy (non-hydrogen) atoms. The molecule has 0 fully saturated rings. The molecular weight excluding hydrogens is 153 g/mol. The molecule has 0 bridgehead atoms. The molecule has 0 atom stereocenters. The summed E-state index contributed by atoms with van der Waals surface area (Å²) in [6.07, 6.45) is -0.585. The Balaban J connectivity index is 3.79. The first kappa shape index (κ1) is 10.3. The fourth-order valence-corrected chi connectivity index (χ4v) is 0.475. The third-order valence-corrected chi connectivity index (χ3v) is 1.19. The Kier molecular flexibility index (Phi) is 3.93. The lowest BCUT2D eigenvalue weighted by molar-refractivity contribution is -0.125. The maximum atomic E-state index is 11.5. The molecule has 0 saturated heterocycles. The lowest BCUT2D eigenvalue weighted by Crippen LogP contribution is -2.03. The molecule has 0 radical (unpaired) electrons. The minimum Gasteiger partial charge on any atom is -0.171 e. The van der Waals surface area contributed by atoms with E-state index in [-0.39, 0.29) is 0 Å². The van der Waals surface area contributed by atoms with Crippen LogP contribution in [0.15, 0.2) is 23.8 Å². The Bertz CT molecular complexity index is 163. The standard InChI is InChI=1S/C8H11F3/c1-3-7(2)5-4-6-8(9,10)11/h3-5H,6H2,1-2H3/b5-4-,7-3-. The highest BCUT2D eigenvalue weighted by molar-refractivity contribution is 5.14. The minimum absolute atomic E-state index is 0.842. The van der Waals surface area contributed by atoms with Crippen molar-refractivity contribution in [1.29, 1.82) is 0 Å². The maximum absolute atomic E-state index is 11.5. The number of halogens is 3. The van der Waals surface area contributed by atoms with Gasteiger partial charge in [0.25, 0.3) is 0 Å². The second-order valence-corrected chi connectivity index (χ2v) is 2.25. The van der Waals surface area contributed by atoms with Crippen molar-refractivity contribution in [2.24, 2.45) is 0 Å². The molecule has 3 heteroatoms. The Morgan fingerprint density at radius 3 is 2.27 bits per heavy atom. The average Bonchev–Trinajstić information content (AvgIpc) is 1.85. The molecule has 0 aromatic heterocycles. The van der Waals surface area contributed by atoms with Gasteiger partial charge in [0, 0.05) is 0 Å². The quantitative estimate of drug-likeness (QED) is 0.548. The Hall–Kier alpha value is -0.730. The normalized spacial score (nSPS) is 14.5. The lowest BCUT2D eigenvalue weighted by Gasteiger charge is -1.99. The molecular formula is C8H11F3. The van der Waals surface area contributed by atoms with E-state index in [2.05, 4.69) is 0 Å². The van der Waals surface area contributed by atoms with Crippen LogP contribution < -0.4 is 0 Å². The molecule has 0 rings (SSSR count). The molecule has 0 aromatic carbocycles. The number of alkyl halides is 3. The van der Waals surface area contributed by atoms with Crippen LogP contribution in [0.25, 0.3) is 0 Å². The number of allylic oxidation sites excluding steroid dienone is 4. The fourth-order valence-electron chi connectivity index (χ4n) is 0.475. The molecule has 0 nitrogen and oxygen atoms in total. The summed E-state index contributed by atoms with van der Waals surface area (Å²) in [6.45, 7) is 3.54. The van der Waals surface area contributed by atoms with E-state index >= 15 is 0 Å². The van der Waals surface area contributed by atoms with Crippen molar-refractivity contribution in [1.82, 2.24) is 0 Å². The molecule has 64 valence electrons. The van der Waals surface area contributed by atoms with Crippen molar-refractivity contribution >= 4 is 0 Å². The zero-order valence-electron chi connectivity index (χ0n) is 6.57. The minimum atomic E-state index is -4.08. The van der Waals surface area contributed by atoms with Crippen LogP contribution in [0.2, 0.25) is 0 Å². The Morgan fingerprint density at radius 2 is 1.91 bits per heavy atom. The first-order chi connectivity index (χ1) is 4.95. The van der Waals surface area contributed by atoms with Gasteiger partial charge in [0.2, 0.25) is 0 Å². The summed E-state index contributed by atoms with van der Waals surface area (Å²) in [5.74, 6) is 0. The highest BCUT2D eigenvalue weighted by Gasteiger charge is 2.24. The molecule has 0 spiro atoms. The molecule has 0 aromatic rings. The van der Waals surface area contributed by atoms with Gasteiger partial charge >= 0.3 is 6.18 Å². The second kappa shape index (κ2) is 4.21. The monoisotopic (exact) mass is 164 g/mol. The molecule has 0 aliphatic carbocycles. The van der Waals surface area contributed by atoms with Gasteiger partial charge in [-0.3, -0.25) is 0 Å². The van der Waals surface area contributed by atoms with Crippen LogP contribution in [0.1, 0.15) is 20.3 Å². The summed E-state index contributed by atoms with van der Waals surface area (Å²) in [5, 5.41) is 0. The van der Waals surface area contributed by atoms with E-state index in [1.54, 1.807) is 19.9 Å². The van der Waals surface area contributed by atoms with Gasteiger partial charge in [0.1, 0.15) is 0 Å². The van der Waals surface area contributed by atoms with E-state index in [0.717, 1.165) is 11.6 Å². The van der Waals surface area contributed by atoms with Crippen LogP contribution in [0.5, 0.6) is 0 Å². The molecule has 0 unspecified atom stereocenters. The SMILES string of the molecule is C/C=C(C)\C=C/CC(F)(F)F. The van der Waals surface area contributed by atoms with Gasteiger partial charge in [0.15, 0.2) is 0 Å². The predicted molar refractivity (Wildman–Crippen MR) is 39.2 cm³/mol. The molecule has 0 heterocycles. The van der Waals surface area contributed by atoms with Gasteiger partial charge in [-0.25, -0.2) is 0 Å².